The van der Waals surface area contributed by atoms with Crippen LogP contribution in [-0.4, -0.2) is 30.4 Å². The Morgan fingerprint density at radius 3 is 2.36 bits per heavy atom. The Balaban J connectivity index is 1.94. The third-order valence-corrected chi connectivity index (χ3v) is 4.24. The summed E-state index contributed by atoms with van der Waals surface area (Å²) in [6, 6.07) is 13.6. The van der Waals surface area contributed by atoms with Gasteiger partial charge in [-0.1, -0.05) is 44.2 Å². The molecule has 6 nitrogen and oxygen atoms in total. The molecule has 6 heteroatoms. The third-order valence-electron chi connectivity index (χ3n) is 4.24. The van der Waals surface area contributed by atoms with E-state index in [0.717, 1.165) is 11.1 Å². The number of anilines is 1. The molecular formula is C22H26N2O4. The van der Waals surface area contributed by atoms with Gasteiger partial charge in [0.1, 0.15) is 6.04 Å². The van der Waals surface area contributed by atoms with Crippen molar-refractivity contribution in [1.29, 1.82) is 0 Å². The van der Waals surface area contributed by atoms with E-state index in [-0.39, 0.29) is 11.8 Å². The Morgan fingerprint density at radius 2 is 1.71 bits per heavy atom. The van der Waals surface area contributed by atoms with E-state index in [4.69, 9.17) is 4.74 Å². The Labute approximate surface area is 165 Å². The molecule has 28 heavy (non-hydrogen) atoms. The van der Waals surface area contributed by atoms with Crippen LogP contribution in [-0.2, 0) is 14.3 Å². The van der Waals surface area contributed by atoms with Crippen LogP contribution in [0.15, 0.2) is 48.5 Å². The first kappa shape index (κ1) is 21.2. The van der Waals surface area contributed by atoms with Crippen molar-refractivity contribution in [2.24, 2.45) is 5.92 Å². The van der Waals surface area contributed by atoms with E-state index < -0.39 is 24.5 Å². The highest BCUT2D eigenvalue weighted by Gasteiger charge is 2.27. The molecule has 0 fully saturated rings. The van der Waals surface area contributed by atoms with E-state index >= 15 is 0 Å². The van der Waals surface area contributed by atoms with Crippen molar-refractivity contribution < 1.29 is 19.1 Å². The van der Waals surface area contributed by atoms with Crippen LogP contribution < -0.4 is 10.6 Å². The molecule has 0 aromatic heterocycles. The van der Waals surface area contributed by atoms with Gasteiger partial charge in [-0.15, -0.1) is 0 Å². The molecule has 0 bridgehead atoms. The molecule has 2 aromatic carbocycles. The highest BCUT2D eigenvalue weighted by atomic mass is 16.5. The molecule has 0 radical (unpaired) electrons. The van der Waals surface area contributed by atoms with Crippen molar-refractivity contribution in [3.05, 3.63) is 65.2 Å². The average molecular weight is 382 g/mol. The number of hydrogen-bond donors (Lipinski definition) is 2. The molecule has 2 N–H and O–H groups in total. The standard InChI is InChI=1S/C22H26N2O4/c1-14(2)20(24-21(26)18-11-6-5-9-16(18)4)22(27)28-13-19(25)23-17-10-7-8-15(3)12-17/h5-12,14,20H,13H2,1-4H3,(H,23,25)(H,24,26). The SMILES string of the molecule is Cc1cccc(NC(=O)COC(=O)C(NC(=O)c2ccccc2C)C(C)C)c1. The van der Waals surface area contributed by atoms with Gasteiger partial charge in [-0.2, -0.15) is 0 Å². The molecule has 0 heterocycles. The Bertz CT molecular complexity index is 861. The smallest absolute Gasteiger partial charge is 0.329 e. The molecule has 0 spiro atoms. The number of aryl methyl sites for hydroxylation is 2. The quantitative estimate of drug-likeness (QED) is 0.720. The van der Waals surface area contributed by atoms with Crippen LogP contribution in [0.4, 0.5) is 5.69 Å². The third kappa shape index (κ3) is 5.94. The largest absolute Gasteiger partial charge is 0.454 e. The first-order valence-corrected chi connectivity index (χ1v) is 9.17. The second-order valence-corrected chi connectivity index (χ2v) is 7.04. The molecular weight excluding hydrogens is 356 g/mol. The minimum absolute atomic E-state index is 0.194. The maximum Gasteiger partial charge on any atom is 0.329 e. The number of hydrogen-bond acceptors (Lipinski definition) is 4. The number of amides is 2. The van der Waals surface area contributed by atoms with Crippen molar-refractivity contribution in [2.45, 2.75) is 33.7 Å². The van der Waals surface area contributed by atoms with Crippen LogP contribution >= 0.6 is 0 Å². The van der Waals surface area contributed by atoms with Gasteiger partial charge in [-0.25, -0.2) is 4.79 Å². The summed E-state index contributed by atoms with van der Waals surface area (Å²) >= 11 is 0. The number of rotatable bonds is 7. The molecule has 0 saturated carbocycles. The monoisotopic (exact) mass is 382 g/mol. The lowest BCUT2D eigenvalue weighted by atomic mass is 10.0. The minimum Gasteiger partial charge on any atom is -0.454 e. The maximum atomic E-state index is 12.5. The van der Waals surface area contributed by atoms with E-state index in [1.54, 1.807) is 32.0 Å². The van der Waals surface area contributed by atoms with Gasteiger partial charge in [-0.3, -0.25) is 9.59 Å². The second-order valence-electron chi connectivity index (χ2n) is 7.04. The molecule has 0 saturated heterocycles. The van der Waals surface area contributed by atoms with Gasteiger partial charge in [0.15, 0.2) is 6.61 Å². The number of benzene rings is 2. The number of esters is 1. The fourth-order valence-electron chi connectivity index (χ4n) is 2.69. The van der Waals surface area contributed by atoms with Crippen LogP contribution in [0, 0.1) is 19.8 Å². The molecule has 148 valence electrons. The van der Waals surface area contributed by atoms with Crippen LogP contribution in [0.2, 0.25) is 0 Å². The van der Waals surface area contributed by atoms with E-state index in [0.29, 0.717) is 11.3 Å². The topological polar surface area (TPSA) is 84.5 Å². The van der Waals surface area contributed by atoms with Gasteiger partial charge < -0.3 is 15.4 Å². The zero-order chi connectivity index (χ0) is 20.7. The van der Waals surface area contributed by atoms with Gasteiger partial charge >= 0.3 is 5.97 Å². The number of carbonyl (C=O) groups is 3. The summed E-state index contributed by atoms with van der Waals surface area (Å²) in [4.78, 5) is 37.0. The van der Waals surface area contributed by atoms with Gasteiger partial charge in [0, 0.05) is 11.3 Å². The average Bonchev–Trinajstić information content (AvgIpc) is 2.64. The molecule has 0 aliphatic carbocycles. The molecule has 2 amide bonds. The molecule has 1 atom stereocenters. The number of ether oxygens (including phenoxy) is 1. The van der Waals surface area contributed by atoms with Crippen molar-refractivity contribution in [3.63, 3.8) is 0 Å². The zero-order valence-electron chi connectivity index (χ0n) is 16.6. The summed E-state index contributed by atoms with van der Waals surface area (Å²) in [6.07, 6.45) is 0. The van der Waals surface area contributed by atoms with Crippen LogP contribution in [0.5, 0.6) is 0 Å². The normalized spacial score (nSPS) is 11.6. The molecule has 2 aromatic rings. The van der Waals surface area contributed by atoms with Crippen molar-refractivity contribution in [1.82, 2.24) is 5.32 Å². The number of carbonyl (C=O) groups excluding carboxylic acids is 3. The summed E-state index contributed by atoms with van der Waals surface area (Å²) in [6.45, 7) is 6.93. The van der Waals surface area contributed by atoms with Gasteiger partial charge in [0.2, 0.25) is 0 Å². The lowest BCUT2D eigenvalue weighted by molar-refractivity contribution is -0.150. The number of nitrogens with one attached hydrogen (secondary N) is 2. The Kier molecular flexibility index (Phi) is 7.32. The van der Waals surface area contributed by atoms with Gasteiger partial charge in [0.25, 0.3) is 11.8 Å². The second kappa shape index (κ2) is 9.69. The Hall–Kier alpha value is -3.15. The summed E-state index contributed by atoms with van der Waals surface area (Å²) in [5.41, 5.74) is 2.95. The lowest BCUT2D eigenvalue weighted by Crippen LogP contribution is -2.46. The lowest BCUT2D eigenvalue weighted by Gasteiger charge is -2.21. The van der Waals surface area contributed by atoms with Crippen molar-refractivity contribution in [3.8, 4) is 0 Å². The van der Waals surface area contributed by atoms with E-state index in [1.165, 1.54) is 0 Å². The van der Waals surface area contributed by atoms with E-state index in [9.17, 15) is 14.4 Å². The fourth-order valence-corrected chi connectivity index (χ4v) is 2.69. The van der Waals surface area contributed by atoms with E-state index in [2.05, 4.69) is 10.6 Å². The van der Waals surface area contributed by atoms with Crippen LogP contribution in [0.3, 0.4) is 0 Å². The van der Waals surface area contributed by atoms with Crippen molar-refractivity contribution >= 4 is 23.5 Å². The van der Waals surface area contributed by atoms with Gasteiger partial charge in [0.05, 0.1) is 0 Å². The molecule has 2 rings (SSSR count). The summed E-state index contributed by atoms with van der Waals surface area (Å²) in [5.74, 6) is -1.62. The summed E-state index contributed by atoms with van der Waals surface area (Å²) in [5, 5.41) is 5.39. The van der Waals surface area contributed by atoms with Crippen LogP contribution in [0.25, 0.3) is 0 Å². The predicted octanol–water partition coefficient (Wildman–Crippen LogP) is 3.24. The molecule has 0 aliphatic heterocycles. The van der Waals surface area contributed by atoms with Crippen LogP contribution in [0.1, 0.15) is 35.3 Å². The highest BCUT2D eigenvalue weighted by Crippen LogP contribution is 2.11. The first-order valence-electron chi connectivity index (χ1n) is 9.17. The zero-order valence-corrected chi connectivity index (χ0v) is 16.6. The van der Waals surface area contributed by atoms with E-state index in [1.807, 2.05) is 44.2 Å². The molecule has 1 unspecified atom stereocenters. The summed E-state index contributed by atoms with van der Waals surface area (Å²) < 4.78 is 5.13. The highest BCUT2D eigenvalue weighted by molar-refractivity contribution is 5.98. The predicted molar refractivity (Wildman–Crippen MR) is 108 cm³/mol. The first-order chi connectivity index (χ1) is 13.3. The summed E-state index contributed by atoms with van der Waals surface area (Å²) in [7, 11) is 0. The molecule has 0 aliphatic rings. The fraction of sp³-hybridized carbons (Fsp3) is 0.318. The maximum absolute atomic E-state index is 12.5. The van der Waals surface area contributed by atoms with Gasteiger partial charge in [-0.05, 0) is 49.1 Å². The Morgan fingerprint density at radius 1 is 1.00 bits per heavy atom. The minimum atomic E-state index is -0.848. The van der Waals surface area contributed by atoms with Crippen molar-refractivity contribution in [2.75, 3.05) is 11.9 Å².